The molecule has 0 aromatic heterocycles. The summed E-state index contributed by atoms with van der Waals surface area (Å²) in [4.78, 5) is 0. The van der Waals surface area contributed by atoms with Gasteiger partial charge in [-0.3, -0.25) is 0 Å². The summed E-state index contributed by atoms with van der Waals surface area (Å²) >= 11 is 0. The largest absolute Gasteiger partial charge is 0.393 e. The Morgan fingerprint density at radius 2 is 1.79 bits per heavy atom. The van der Waals surface area contributed by atoms with E-state index in [1.807, 2.05) is 30.3 Å². The van der Waals surface area contributed by atoms with Crippen LogP contribution in [0.15, 0.2) is 48.5 Å². The maximum absolute atomic E-state index is 13.9. The second-order valence-electron chi connectivity index (χ2n) is 4.97. The number of rotatable bonds is 1. The van der Waals surface area contributed by atoms with Gasteiger partial charge in [0.1, 0.15) is 5.82 Å². The van der Waals surface area contributed by atoms with Gasteiger partial charge in [0.2, 0.25) is 0 Å². The molecule has 0 radical (unpaired) electrons. The van der Waals surface area contributed by atoms with Crippen LogP contribution < -0.4 is 5.32 Å². The molecule has 0 bridgehead atoms. The molecule has 0 saturated heterocycles. The van der Waals surface area contributed by atoms with Crippen LogP contribution in [-0.2, 0) is 6.42 Å². The minimum atomic E-state index is -0.458. The van der Waals surface area contributed by atoms with Crippen molar-refractivity contribution in [1.29, 1.82) is 0 Å². The first-order valence-electron chi connectivity index (χ1n) is 6.51. The molecule has 2 aromatic rings. The SMILES string of the molecule is O[C@@H]1Cc2ccccc2N[C@H](c2ccccc2F)C1. The summed E-state index contributed by atoms with van der Waals surface area (Å²) in [7, 11) is 0. The Bertz CT molecular complexity index is 584. The first-order chi connectivity index (χ1) is 9.24. The average molecular weight is 257 g/mol. The predicted molar refractivity (Wildman–Crippen MR) is 73.5 cm³/mol. The molecular weight excluding hydrogens is 241 g/mol. The quantitative estimate of drug-likeness (QED) is 0.821. The molecule has 19 heavy (non-hydrogen) atoms. The highest BCUT2D eigenvalue weighted by atomic mass is 19.1. The van der Waals surface area contributed by atoms with E-state index in [0.717, 1.165) is 11.3 Å². The number of aliphatic hydroxyl groups is 1. The van der Waals surface area contributed by atoms with Crippen molar-refractivity contribution in [1.82, 2.24) is 0 Å². The molecule has 0 spiro atoms. The van der Waals surface area contributed by atoms with Gasteiger partial charge in [-0.15, -0.1) is 0 Å². The Hall–Kier alpha value is -1.87. The van der Waals surface area contributed by atoms with Crippen molar-refractivity contribution in [2.45, 2.75) is 25.0 Å². The van der Waals surface area contributed by atoms with Crippen molar-refractivity contribution in [3.8, 4) is 0 Å². The maximum Gasteiger partial charge on any atom is 0.128 e. The molecule has 3 rings (SSSR count). The summed E-state index contributed by atoms with van der Waals surface area (Å²) in [5.41, 5.74) is 2.67. The molecule has 1 aliphatic heterocycles. The highest BCUT2D eigenvalue weighted by Crippen LogP contribution is 2.32. The highest BCUT2D eigenvalue weighted by Gasteiger charge is 2.24. The minimum Gasteiger partial charge on any atom is -0.393 e. The number of halogens is 1. The van der Waals surface area contributed by atoms with Gasteiger partial charge in [-0.2, -0.15) is 0 Å². The molecule has 2 N–H and O–H groups in total. The molecule has 0 fully saturated rings. The fourth-order valence-electron chi connectivity index (χ4n) is 2.66. The third-order valence-electron chi connectivity index (χ3n) is 3.59. The van der Waals surface area contributed by atoms with Gasteiger partial charge >= 0.3 is 0 Å². The molecule has 1 aliphatic rings. The smallest absolute Gasteiger partial charge is 0.128 e. The number of benzene rings is 2. The van der Waals surface area contributed by atoms with Crippen molar-refractivity contribution in [3.63, 3.8) is 0 Å². The molecule has 2 nitrogen and oxygen atoms in total. The number of para-hydroxylation sites is 1. The maximum atomic E-state index is 13.9. The Morgan fingerprint density at radius 1 is 1.05 bits per heavy atom. The number of hydrogen-bond donors (Lipinski definition) is 2. The van der Waals surface area contributed by atoms with Gasteiger partial charge in [-0.25, -0.2) is 4.39 Å². The van der Waals surface area contributed by atoms with E-state index >= 15 is 0 Å². The molecule has 1 heterocycles. The Kier molecular flexibility index (Phi) is 3.22. The van der Waals surface area contributed by atoms with E-state index in [0.29, 0.717) is 18.4 Å². The van der Waals surface area contributed by atoms with Gasteiger partial charge in [-0.1, -0.05) is 36.4 Å². The zero-order valence-electron chi connectivity index (χ0n) is 10.5. The van der Waals surface area contributed by atoms with Crippen LogP contribution in [0.1, 0.15) is 23.6 Å². The fraction of sp³-hybridized carbons (Fsp3) is 0.250. The third kappa shape index (κ3) is 2.47. The van der Waals surface area contributed by atoms with Gasteiger partial charge in [0, 0.05) is 17.7 Å². The van der Waals surface area contributed by atoms with Crippen LogP contribution >= 0.6 is 0 Å². The molecule has 2 aromatic carbocycles. The van der Waals surface area contributed by atoms with Gasteiger partial charge in [0.25, 0.3) is 0 Å². The van der Waals surface area contributed by atoms with Crippen LogP contribution in [0.4, 0.5) is 10.1 Å². The zero-order valence-corrected chi connectivity index (χ0v) is 10.5. The molecule has 0 amide bonds. The number of aliphatic hydroxyl groups excluding tert-OH is 1. The lowest BCUT2D eigenvalue weighted by molar-refractivity contribution is 0.160. The average Bonchev–Trinajstić information content (AvgIpc) is 2.57. The first kappa shape index (κ1) is 12.2. The number of hydrogen-bond acceptors (Lipinski definition) is 2. The lowest BCUT2D eigenvalue weighted by atomic mass is 9.99. The summed E-state index contributed by atoms with van der Waals surface area (Å²) in [6.07, 6.45) is 0.657. The topological polar surface area (TPSA) is 32.3 Å². The zero-order chi connectivity index (χ0) is 13.2. The van der Waals surface area contributed by atoms with E-state index in [9.17, 15) is 9.50 Å². The molecule has 98 valence electrons. The van der Waals surface area contributed by atoms with Crippen molar-refractivity contribution in [2.24, 2.45) is 0 Å². The molecular formula is C16H16FNO. The second-order valence-corrected chi connectivity index (χ2v) is 4.97. The van der Waals surface area contributed by atoms with Crippen molar-refractivity contribution >= 4 is 5.69 Å². The third-order valence-corrected chi connectivity index (χ3v) is 3.59. The van der Waals surface area contributed by atoms with Crippen molar-refractivity contribution in [2.75, 3.05) is 5.32 Å². The van der Waals surface area contributed by atoms with E-state index in [1.165, 1.54) is 6.07 Å². The minimum absolute atomic E-state index is 0.195. The van der Waals surface area contributed by atoms with Gasteiger partial charge in [-0.05, 0) is 24.1 Å². The second kappa shape index (κ2) is 5.02. The van der Waals surface area contributed by atoms with E-state index in [2.05, 4.69) is 5.32 Å². The van der Waals surface area contributed by atoms with Crippen LogP contribution in [0, 0.1) is 5.82 Å². The summed E-state index contributed by atoms with van der Waals surface area (Å²) in [5.74, 6) is -0.230. The number of anilines is 1. The van der Waals surface area contributed by atoms with Crippen molar-refractivity contribution in [3.05, 3.63) is 65.5 Å². The summed E-state index contributed by atoms with van der Waals surface area (Å²) < 4.78 is 13.9. The van der Waals surface area contributed by atoms with Crippen LogP contribution in [0.5, 0.6) is 0 Å². The molecule has 2 atom stereocenters. The highest BCUT2D eigenvalue weighted by molar-refractivity contribution is 5.54. The Balaban J connectivity index is 1.98. The fourth-order valence-corrected chi connectivity index (χ4v) is 2.66. The summed E-state index contributed by atoms with van der Waals surface area (Å²) in [6.45, 7) is 0. The van der Waals surface area contributed by atoms with E-state index in [-0.39, 0.29) is 11.9 Å². The lowest BCUT2D eigenvalue weighted by Crippen LogP contribution is -2.17. The van der Waals surface area contributed by atoms with Crippen LogP contribution in [0.25, 0.3) is 0 Å². The normalized spacial score (nSPS) is 22.2. The summed E-state index contributed by atoms with van der Waals surface area (Å²) in [6, 6.07) is 14.4. The first-order valence-corrected chi connectivity index (χ1v) is 6.51. The van der Waals surface area contributed by atoms with Crippen LogP contribution in [0.3, 0.4) is 0 Å². The van der Waals surface area contributed by atoms with E-state index < -0.39 is 6.10 Å². The number of nitrogens with one attached hydrogen (secondary N) is 1. The van der Waals surface area contributed by atoms with Crippen LogP contribution in [-0.4, -0.2) is 11.2 Å². The lowest BCUT2D eigenvalue weighted by Gasteiger charge is -2.20. The van der Waals surface area contributed by atoms with Crippen molar-refractivity contribution < 1.29 is 9.50 Å². The van der Waals surface area contributed by atoms with E-state index in [1.54, 1.807) is 12.1 Å². The van der Waals surface area contributed by atoms with Gasteiger partial charge < -0.3 is 10.4 Å². The van der Waals surface area contributed by atoms with Gasteiger partial charge in [0.15, 0.2) is 0 Å². The molecule has 0 unspecified atom stereocenters. The number of fused-ring (bicyclic) bond motifs is 1. The summed E-state index contributed by atoms with van der Waals surface area (Å²) in [5, 5.41) is 13.4. The van der Waals surface area contributed by atoms with Crippen LogP contribution in [0.2, 0.25) is 0 Å². The van der Waals surface area contributed by atoms with Gasteiger partial charge in [0.05, 0.1) is 12.1 Å². The Morgan fingerprint density at radius 3 is 2.63 bits per heavy atom. The monoisotopic (exact) mass is 257 g/mol. The molecule has 0 saturated carbocycles. The Labute approximate surface area is 111 Å². The molecule has 0 aliphatic carbocycles. The molecule has 3 heteroatoms. The standard InChI is InChI=1S/C16H16FNO/c17-14-7-3-2-6-13(14)16-10-12(19)9-11-5-1-4-8-15(11)18-16/h1-8,12,16,18-19H,9-10H2/t12-,16+/m1/s1. The predicted octanol–water partition coefficient (Wildman–Crippen LogP) is 3.29. The van der Waals surface area contributed by atoms with E-state index in [4.69, 9.17) is 0 Å².